The molecule has 0 saturated carbocycles. The van der Waals surface area contributed by atoms with Crippen molar-refractivity contribution in [2.45, 2.75) is 26.8 Å². The average Bonchev–Trinajstić information content (AvgIpc) is 3.34. The molecule has 0 aliphatic heterocycles. The van der Waals surface area contributed by atoms with Crippen molar-refractivity contribution in [2.24, 2.45) is 0 Å². The monoisotopic (exact) mass is 365 g/mol. The van der Waals surface area contributed by atoms with Crippen LogP contribution in [0.4, 0.5) is 5.82 Å². The molecule has 4 aromatic rings. The Labute approximate surface area is 155 Å². The largest absolute Gasteiger partial charge is 0.464 e. The third-order valence-electron chi connectivity index (χ3n) is 4.49. The summed E-state index contributed by atoms with van der Waals surface area (Å²) in [4.78, 5) is 13.7. The molecule has 0 saturated heterocycles. The highest BCUT2D eigenvalue weighted by Gasteiger charge is 2.13. The summed E-state index contributed by atoms with van der Waals surface area (Å²) in [6.45, 7) is 4.76. The highest BCUT2D eigenvalue weighted by Crippen LogP contribution is 2.25. The van der Waals surface area contributed by atoms with Gasteiger partial charge >= 0.3 is 0 Å². The lowest BCUT2D eigenvalue weighted by Gasteiger charge is -2.08. The van der Waals surface area contributed by atoms with E-state index in [0.29, 0.717) is 12.4 Å². The van der Waals surface area contributed by atoms with Crippen molar-refractivity contribution in [1.29, 1.82) is 0 Å². The second kappa shape index (κ2) is 6.80. The van der Waals surface area contributed by atoms with E-state index in [1.807, 2.05) is 23.6 Å². The van der Waals surface area contributed by atoms with E-state index in [-0.39, 0.29) is 12.3 Å². The van der Waals surface area contributed by atoms with Gasteiger partial charge in [-0.1, -0.05) is 6.07 Å². The Morgan fingerprint density at radius 3 is 2.92 bits per heavy atom. The van der Waals surface area contributed by atoms with Gasteiger partial charge in [-0.2, -0.15) is 5.10 Å². The van der Waals surface area contributed by atoms with Gasteiger partial charge < -0.3 is 9.73 Å². The predicted octanol–water partition coefficient (Wildman–Crippen LogP) is 4.54. The molecule has 1 amide bonds. The van der Waals surface area contributed by atoms with Crippen LogP contribution in [0.1, 0.15) is 21.6 Å². The number of benzene rings is 1. The average molecular weight is 365 g/mol. The fourth-order valence-electron chi connectivity index (χ4n) is 2.95. The van der Waals surface area contributed by atoms with Crippen LogP contribution in [-0.4, -0.2) is 15.7 Å². The van der Waals surface area contributed by atoms with Crippen molar-refractivity contribution >= 4 is 34.0 Å². The van der Waals surface area contributed by atoms with Gasteiger partial charge in [0, 0.05) is 21.9 Å². The minimum absolute atomic E-state index is 0.0844. The maximum Gasteiger partial charge on any atom is 0.230 e. The molecule has 0 spiro atoms. The molecule has 6 heteroatoms. The topological polar surface area (TPSA) is 60.1 Å². The van der Waals surface area contributed by atoms with Crippen molar-refractivity contribution in [3.05, 3.63) is 69.7 Å². The number of rotatable bonds is 5. The van der Waals surface area contributed by atoms with Crippen LogP contribution in [0.5, 0.6) is 0 Å². The predicted molar refractivity (Wildman–Crippen MR) is 104 cm³/mol. The van der Waals surface area contributed by atoms with Crippen LogP contribution in [0.25, 0.3) is 11.0 Å². The summed E-state index contributed by atoms with van der Waals surface area (Å²) in [5.74, 6) is 0.613. The summed E-state index contributed by atoms with van der Waals surface area (Å²) in [6.07, 6.45) is 3.63. The number of hydrogen-bond donors (Lipinski definition) is 1. The van der Waals surface area contributed by atoms with Crippen LogP contribution in [0, 0.1) is 13.8 Å². The third kappa shape index (κ3) is 3.28. The van der Waals surface area contributed by atoms with E-state index in [4.69, 9.17) is 4.42 Å². The standard InChI is InChI=1S/C20H19N3O2S/c1-13-8-17-15(12-25-18(17)9-14(13)2)10-20(24)22-19-5-6-21-23(19)11-16-4-3-7-26-16/h3-9,12H,10-11H2,1-2H3,(H,22,24). The Hall–Kier alpha value is -2.86. The van der Waals surface area contributed by atoms with Crippen LogP contribution >= 0.6 is 11.3 Å². The molecule has 0 bridgehead atoms. The number of thiophene rings is 1. The molecule has 0 unspecified atom stereocenters. The molecule has 3 heterocycles. The Morgan fingerprint density at radius 1 is 1.27 bits per heavy atom. The molecule has 1 aromatic carbocycles. The summed E-state index contributed by atoms with van der Waals surface area (Å²) in [5, 5.41) is 10.3. The van der Waals surface area contributed by atoms with Crippen LogP contribution in [0.3, 0.4) is 0 Å². The van der Waals surface area contributed by atoms with Crippen LogP contribution in [0.15, 0.2) is 52.6 Å². The number of aromatic nitrogens is 2. The van der Waals surface area contributed by atoms with Crippen molar-refractivity contribution < 1.29 is 9.21 Å². The molecular weight excluding hydrogens is 346 g/mol. The van der Waals surface area contributed by atoms with E-state index < -0.39 is 0 Å². The lowest BCUT2D eigenvalue weighted by Crippen LogP contribution is -2.17. The normalized spacial score (nSPS) is 11.2. The summed E-state index contributed by atoms with van der Waals surface area (Å²) < 4.78 is 7.41. The fourth-order valence-corrected chi connectivity index (χ4v) is 3.63. The van der Waals surface area contributed by atoms with Gasteiger partial charge in [-0.25, -0.2) is 4.68 Å². The number of hydrogen-bond acceptors (Lipinski definition) is 4. The smallest absolute Gasteiger partial charge is 0.230 e. The Balaban J connectivity index is 1.50. The number of fused-ring (bicyclic) bond motifs is 1. The number of carbonyl (C=O) groups is 1. The van der Waals surface area contributed by atoms with Crippen molar-refractivity contribution in [3.63, 3.8) is 0 Å². The zero-order valence-corrected chi connectivity index (χ0v) is 15.5. The molecule has 0 radical (unpaired) electrons. The number of aryl methyl sites for hydroxylation is 2. The zero-order valence-electron chi connectivity index (χ0n) is 14.7. The quantitative estimate of drug-likeness (QED) is 0.565. The molecule has 0 aliphatic carbocycles. The summed E-state index contributed by atoms with van der Waals surface area (Å²) >= 11 is 1.67. The lowest BCUT2D eigenvalue weighted by molar-refractivity contribution is -0.115. The first-order valence-corrected chi connectivity index (χ1v) is 9.29. The van der Waals surface area contributed by atoms with E-state index in [2.05, 4.69) is 36.4 Å². The Kier molecular flexibility index (Phi) is 4.34. The van der Waals surface area contributed by atoms with Crippen LogP contribution in [0.2, 0.25) is 0 Å². The molecular formula is C20H19N3O2S. The molecule has 132 valence electrons. The van der Waals surface area contributed by atoms with Gasteiger partial charge in [0.25, 0.3) is 0 Å². The molecule has 3 aromatic heterocycles. The molecule has 0 fully saturated rings. The lowest BCUT2D eigenvalue weighted by atomic mass is 10.0. The molecule has 26 heavy (non-hydrogen) atoms. The maximum atomic E-state index is 12.5. The van der Waals surface area contributed by atoms with Crippen molar-refractivity contribution in [1.82, 2.24) is 9.78 Å². The molecule has 0 aliphatic rings. The highest BCUT2D eigenvalue weighted by atomic mass is 32.1. The summed E-state index contributed by atoms with van der Waals surface area (Å²) in [5.41, 5.74) is 4.08. The summed E-state index contributed by atoms with van der Waals surface area (Å²) in [6, 6.07) is 9.97. The fraction of sp³-hybridized carbons (Fsp3) is 0.200. The van der Waals surface area contributed by atoms with Crippen molar-refractivity contribution in [2.75, 3.05) is 5.32 Å². The molecule has 5 nitrogen and oxygen atoms in total. The van der Waals surface area contributed by atoms with E-state index in [1.165, 1.54) is 16.0 Å². The number of carbonyl (C=O) groups excluding carboxylic acids is 1. The first kappa shape index (κ1) is 16.6. The van der Waals surface area contributed by atoms with E-state index >= 15 is 0 Å². The third-order valence-corrected chi connectivity index (χ3v) is 5.35. The minimum Gasteiger partial charge on any atom is -0.464 e. The molecule has 4 rings (SSSR count). The van der Waals surface area contributed by atoms with Crippen molar-refractivity contribution in [3.8, 4) is 0 Å². The number of nitrogens with zero attached hydrogens (tertiary/aromatic N) is 2. The van der Waals surface area contributed by atoms with Gasteiger partial charge in [-0.05, 0) is 48.6 Å². The highest BCUT2D eigenvalue weighted by molar-refractivity contribution is 7.09. The Morgan fingerprint density at radius 2 is 2.12 bits per heavy atom. The van der Waals surface area contributed by atoms with Gasteiger partial charge in [0.15, 0.2) is 0 Å². The Bertz CT molecular complexity index is 1060. The second-order valence-corrected chi connectivity index (χ2v) is 7.40. The number of anilines is 1. The van der Waals surface area contributed by atoms with Crippen LogP contribution < -0.4 is 5.32 Å². The van der Waals surface area contributed by atoms with E-state index in [0.717, 1.165) is 16.5 Å². The first-order chi connectivity index (χ1) is 12.6. The number of amides is 1. The van der Waals surface area contributed by atoms with Crippen LogP contribution in [-0.2, 0) is 17.8 Å². The van der Waals surface area contributed by atoms with Gasteiger partial charge in [0.1, 0.15) is 11.4 Å². The van der Waals surface area contributed by atoms with Gasteiger partial charge in [0.2, 0.25) is 5.91 Å². The molecule has 1 N–H and O–H groups in total. The van der Waals surface area contributed by atoms with Gasteiger partial charge in [0.05, 0.1) is 25.4 Å². The van der Waals surface area contributed by atoms with Gasteiger partial charge in [-0.15, -0.1) is 11.3 Å². The maximum absolute atomic E-state index is 12.5. The first-order valence-electron chi connectivity index (χ1n) is 8.41. The second-order valence-electron chi connectivity index (χ2n) is 6.37. The van der Waals surface area contributed by atoms with Gasteiger partial charge in [-0.3, -0.25) is 4.79 Å². The summed E-state index contributed by atoms with van der Waals surface area (Å²) in [7, 11) is 0. The zero-order chi connectivity index (χ0) is 18.1. The van der Waals surface area contributed by atoms with E-state index in [9.17, 15) is 4.79 Å². The number of nitrogens with one attached hydrogen (secondary N) is 1. The number of furan rings is 1. The minimum atomic E-state index is -0.0844. The van der Waals surface area contributed by atoms with E-state index in [1.54, 1.807) is 28.5 Å². The SMILES string of the molecule is Cc1cc2occ(CC(=O)Nc3ccnn3Cc3cccs3)c2cc1C. The molecule has 0 atom stereocenters.